The zero-order valence-corrected chi connectivity index (χ0v) is 13.8. The molecule has 6 nitrogen and oxygen atoms in total. The first-order valence-electron chi connectivity index (χ1n) is 7.43. The Bertz CT molecular complexity index is 721. The third kappa shape index (κ3) is 3.51. The summed E-state index contributed by atoms with van der Waals surface area (Å²) in [6.07, 6.45) is 0. The second kappa shape index (κ2) is 7.45. The van der Waals surface area contributed by atoms with E-state index < -0.39 is 0 Å². The predicted octanol–water partition coefficient (Wildman–Crippen LogP) is 2.88. The van der Waals surface area contributed by atoms with E-state index >= 15 is 0 Å². The summed E-state index contributed by atoms with van der Waals surface area (Å²) in [6.45, 7) is 5.61. The van der Waals surface area contributed by atoms with Crippen molar-refractivity contribution in [1.82, 2.24) is 9.97 Å². The highest BCUT2D eigenvalue weighted by Gasteiger charge is 2.13. The second-order valence-electron chi connectivity index (χ2n) is 4.79. The maximum atomic E-state index is 9.24. The van der Waals surface area contributed by atoms with Gasteiger partial charge in [0.25, 0.3) is 0 Å². The van der Waals surface area contributed by atoms with E-state index in [9.17, 15) is 5.26 Å². The molecule has 0 amide bonds. The van der Waals surface area contributed by atoms with Crippen molar-refractivity contribution < 1.29 is 9.47 Å². The van der Waals surface area contributed by atoms with Crippen molar-refractivity contribution in [3.8, 4) is 28.8 Å². The molecule has 0 radical (unpaired) electrons. The van der Waals surface area contributed by atoms with Crippen LogP contribution in [0.3, 0.4) is 0 Å². The maximum absolute atomic E-state index is 9.24. The van der Waals surface area contributed by atoms with Gasteiger partial charge in [-0.15, -0.1) is 0 Å². The van der Waals surface area contributed by atoms with E-state index in [-0.39, 0.29) is 0 Å². The number of nitrogens with zero attached hydrogens (tertiary/aromatic N) is 4. The first kappa shape index (κ1) is 16.6. The monoisotopic (exact) mass is 312 g/mol. The molecule has 120 valence electrons. The molecule has 2 aromatic rings. The minimum Gasteiger partial charge on any atom is -0.493 e. The van der Waals surface area contributed by atoms with Crippen molar-refractivity contribution in [1.29, 1.82) is 5.26 Å². The Balaban J connectivity index is 2.54. The summed E-state index contributed by atoms with van der Waals surface area (Å²) in [5.74, 6) is 1.82. The van der Waals surface area contributed by atoms with Crippen LogP contribution in [0.15, 0.2) is 24.3 Å². The van der Waals surface area contributed by atoms with Crippen LogP contribution in [0.4, 0.5) is 5.95 Å². The number of aromatic nitrogens is 2. The molecular weight excluding hydrogens is 292 g/mol. The van der Waals surface area contributed by atoms with Crippen LogP contribution in [0, 0.1) is 11.3 Å². The van der Waals surface area contributed by atoms with Crippen LogP contribution < -0.4 is 14.4 Å². The van der Waals surface area contributed by atoms with Gasteiger partial charge in [-0.3, -0.25) is 0 Å². The van der Waals surface area contributed by atoms with Gasteiger partial charge in [-0.05, 0) is 32.0 Å². The molecule has 1 aromatic heterocycles. The van der Waals surface area contributed by atoms with E-state index in [1.54, 1.807) is 20.3 Å². The normalized spacial score (nSPS) is 10.0. The highest BCUT2D eigenvalue weighted by molar-refractivity contribution is 5.66. The number of rotatable bonds is 6. The van der Waals surface area contributed by atoms with E-state index in [2.05, 4.69) is 16.0 Å². The molecule has 0 atom stereocenters. The van der Waals surface area contributed by atoms with E-state index in [0.29, 0.717) is 28.8 Å². The van der Waals surface area contributed by atoms with Crippen LogP contribution in [0.5, 0.6) is 11.5 Å². The molecule has 0 fully saturated rings. The van der Waals surface area contributed by atoms with Crippen molar-refractivity contribution in [3.05, 3.63) is 30.0 Å². The van der Waals surface area contributed by atoms with Crippen LogP contribution in [0.2, 0.25) is 0 Å². The Morgan fingerprint density at radius 1 is 1.04 bits per heavy atom. The SMILES string of the molecule is CCN(CC)c1nc(C#N)cc(-c2ccc(OC)c(OC)c2)n1. The molecule has 23 heavy (non-hydrogen) atoms. The molecule has 0 spiro atoms. The third-order valence-corrected chi connectivity index (χ3v) is 3.55. The Hall–Kier alpha value is -2.81. The molecule has 2 rings (SSSR count). The fraction of sp³-hybridized carbons (Fsp3) is 0.353. The molecule has 6 heteroatoms. The van der Waals surface area contributed by atoms with E-state index in [4.69, 9.17) is 9.47 Å². The summed E-state index contributed by atoms with van der Waals surface area (Å²) >= 11 is 0. The highest BCUT2D eigenvalue weighted by atomic mass is 16.5. The molecule has 0 aliphatic rings. The summed E-state index contributed by atoms with van der Waals surface area (Å²) in [4.78, 5) is 10.9. The fourth-order valence-electron chi connectivity index (χ4n) is 2.28. The Kier molecular flexibility index (Phi) is 5.36. The minimum absolute atomic E-state index is 0.340. The summed E-state index contributed by atoms with van der Waals surface area (Å²) in [6, 6.07) is 9.32. The first-order chi connectivity index (χ1) is 11.2. The number of hydrogen-bond acceptors (Lipinski definition) is 6. The van der Waals surface area contributed by atoms with Gasteiger partial charge in [-0.1, -0.05) is 0 Å². The summed E-state index contributed by atoms with van der Waals surface area (Å²) in [7, 11) is 3.18. The van der Waals surface area contributed by atoms with E-state index in [1.807, 2.05) is 36.9 Å². The first-order valence-corrected chi connectivity index (χ1v) is 7.43. The molecule has 1 aromatic carbocycles. The van der Waals surface area contributed by atoms with E-state index in [0.717, 1.165) is 18.7 Å². The number of ether oxygens (including phenoxy) is 2. The number of benzene rings is 1. The van der Waals surface area contributed by atoms with Gasteiger partial charge in [-0.2, -0.15) is 5.26 Å². The van der Waals surface area contributed by atoms with Crippen molar-refractivity contribution in [2.75, 3.05) is 32.2 Å². The van der Waals surface area contributed by atoms with Gasteiger partial charge >= 0.3 is 0 Å². The zero-order chi connectivity index (χ0) is 16.8. The van der Waals surface area contributed by atoms with E-state index in [1.165, 1.54) is 0 Å². The van der Waals surface area contributed by atoms with Gasteiger partial charge in [0.15, 0.2) is 11.5 Å². The minimum atomic E-state index is 0.340. The van der Waals surface area contributed by atoms with Crippen LogP contribution in [0.25, 0.3) is 11.3 Å². The standard InChI is InChI=1S/C17H20N4O2/c1-5-21(6-2)17-19-13(11-18)10-14(20-17)12-7-8-15(22-3)16(9-12)23-4/h7-10H,5-6H2,1-4H3. The lowest BCUT2D eigenvalue weighted by Crippen LogP contribution is -2.24. The van der Waals surface area contributed by atoms with Gasteiger partial charge in [0.2, 0.25) is 5.95 Å². The van der Waals surface area contributed by atoms with Crippen LogP contribution in [0.1, 0.15) is 19.5 Å². The van der Waals surface area contributed by atoms with Gasteiger partial charge < -0.3 is 14.4 Å². The van der Waals surface area contributed by atoms with Crippen molar-refractivity contribution in [2.24, 2.45) is 0 Å². The molecular formula is C17H20N4O2. The van der Waals surface area contributed by atoms with Crippen molar-refractivity contribution in [2.45, 2.75) is 13.8 Å². The van der Waals surface area contributed by atoms with Gasteiger partial charge in [-0.25, -0.2) is 9.97 Å². The molecule has 0 N–H and O–H groups in total. The zero-order valence-electron chi connectivity index (χ0n) is 13.8. The number of nitriles is 1. The predicted molar refractivity (Wildman–Crippen MR) is 88.8 cm³/mol. The van der Waals surface area contributed by atoms with Crippen LogP contribution >= 0.6 is 0 Å². The quantitative estimate of drug-likeness (QED) is 0.817. The average Bonchev–Trinajstić information content (AvgIpc) is 2.61. The van der Waals surface area contributed by atoms with Crippen molar-refractivity contribution >= 4 is 5.95 Å². The Morgan fingerprint density at radius 2 is 1.74 bits per heavy atom. The molecule has 0 saturated carbocycles. The molecule has 0 aliphatic heterocycles. The van der Waals surface area contributed by atoms with Crippen LogP contribution in [-0.4, -0.2) is 37.3 Å². The second-order valence-corrected chi connectivity index (χ2v) is 4.79. The van der Waals surface area contributed by atoms with Crippen LogP contribution in [-0.2, 0) is 0 Å². The van der Waals surface area contributed by atoms with Gasteiger partial charge in [0.1, 0.15) is 11.8 Å². The molecule has 0 unspecified atom stereocenters. The fourth-order valence-corrected chi connectivity index (χ4v) is 2.28. The highest BCUT2D eigenvalue weighted by Crippen LogP contribution is 2.32. The summed E-state index contributed by atoms with van der Waals surface area (Å²) in [5, 5.41) is 9.24. The van der Waals surface area contributed by atoms with Gasteiger partial charge in [0, 0.05) is 24.7 Å². The van der Waals surface area contributed by atoms with Crippen molar-refractivity contribution in [3.63, 3.8) is 0 Å². The number of hydrogen-bond donors (Lipinski definition) is 0. The maximum Gasteiger partial charge on any atom is 0.227 e. The largest absolute Gasteiger partial charge is 0.493 e. The summed E-state index contributed by atoms with van der Waals surface area (Å²) in [5.41, 5.74) is 1.86. The lowest BCUT2D eigenvalue weighted by atomic mass is 10.1. The number of anilines is 1. The molecule has 0 bridgehead atoms. The Morgan fingerprint density at radius 3 is 2.30 bits per heavy atom. The summed E-state index contributed by atoms with van der Waals surface area (Å²) < 4.78 is 10.6. The molecule has 1 heterocycles. The third-order valence-electron chi connectivity index (χ3n) is 3.55. The lowest BCUT2D eigenvalue weighted by Gasteiger charge is -2.19. The topological polar surface area (TPSA) is 71.3 Å². The van der Waals surface area contributed by atoms with Gasteiger partial charge in [0.05, 0.1) is 19.9 Å². The molecule has 0 aliphatic carbocycles. The molecule has 0 saturated heterocycles. The lowest BCUT2D eigenvalue weighted by molar-refractivity contribution is 0.355. The smallest absolute Gasteiger partial charge is 0.227 e. The number of methoxy groups -OCH3 is 2. The average molecular weight is 312 g/mol. The Labute approximate surface area is 136 Å².